The normalized spacial score (nSPS) is 15.9. The zero-order valence-electron chi connectivity index (χ0n) is 18.1. The van der Waals surface area contributed by atoms with Crippen LogP contribution >= 0.6 is 0 Å². The second-order valence-corrected chi connectivity index (χ2v) is 7.70. The molecule has 0 aliphatic carbocycles. The summed E-state index contributed by atoms with van der Waals surface area (Å²) in [7, 11) is 5.42. The van der Waals surface area contributed by atoms with Gasteiger partial charge < -0.3 is 24.1 Å². The van der Waals surface area contributed by atoms with Gasteiger partial charge in [0, 0.05) is 25.3 Å². The Hall–Kier alpha value is -4.00. The second-order valence-electron chi connectivity index (χ2n) is 7.70. The Kier molecular flexibility index (Phi) is 5.73. The van der Waals surface area contributed by atoms with Gasteiger partial charge in [-0.25, -0.2) is 0 Å². The molecule has 32 heavy (non-hydrogen) atoms. The van der Waals surface area contributed by atoms with Gasteiger partial charge in [-0.2, -0.15) is 0 Å². The number of para-hydroxylation sites is 1. The maximum Gasteiger partial charge on any atom is 0.290 e. The Morgan fingerprint density at radius 3 is 2.44 bits per heavy atom. The first kappa shape index (κ1) is 21.2. The molecule has 1 atom stereocenters. The largest absolute Gasteiger partial charge is 0.503 e. The number of hydrogen-bond donors (Lipinski definition) is 1. The quantitative estimate of drug-likeness (QED) is 0.565. The predicted octanol–water partition coefficient (Wildman–Crippen LogP) is 4.13. The van der Waals surface area contributed by atoms with Crippen molar-refractivity contribution in [1.82, 2.24) is 4.90 Å². The fraction of sp³-hybridized carbons (Fsp3) is 0.200. The van der Waals surface area contributed by atoms with Crippen molar-refractivity contribution in [2.75, 3.05) is 26.1 Å². The zero-order valence-corrected chi connectivity index (χ0v) is 18.1. The highest BCUT2D eigenvalue weighted by Crippen LogP contribution is 2.41. The number of methoxy groups -OCH3 is 1. The molecule has 3 aromatic rings. The van der Waals surface area contributed by atoms with Crippen molar-refractivity contribution >= 4 is 17.4 Å². The number of anilines is 1. The van der Waals surface area contributed by atoms with Gasteiger partial charge in [-0.1, -0.05) is 30.3 Å². The van der Waals surface area contributed by atoms with E-state index in [0.29, 0.717) is 11.3 Å². The number of rotatable bonds is 7. The van der Waals surface area contributed by atoms with Crippen molar-refractivity contribution in [3.05, 3.63) is 95.1 Å². The number of amides is 1. The van der Waals surface area contributed by atoms with Gasteiger partial charge in [-0.15, -0.1) is 0 Å². The van der Waals surface area contributed by atoms with Crippen molar-refractivity contribution in [3.8, 4) is 5.75 Å². The lowest BCUT2D eigenvalue weighted by molar-refractivity contribution is -0.130. The molecule has 164 valence electrons. The van der Waals surface area contributed by atoms with Crippen LogP contribution in [0.15, 0.2) is 82.7 Å². The number of Topliss-reactive ketones (excluding diaryl/α,β-unsaturated/α-hetero) is 1. The number of carbonyl (C=O) groups is 2. The van der Waals surface area contributed by atoms with E-state index in [0.717, 1.165) is 11.3 Å². The molecule has 1 N–H and O–H groups in total. The molecule has 1 unspecified atom stereocenters. The minimum Gasteiger partial charge on any atom is -0.503 e. The van der Waals surface area contributed by atoms with E-state index in [-0.39, 0.29) is 17.9 Å². The van der Waals surface area contributed by atoms with Gasteiger partial charge in [0.25, 0.3) is 5.91 Å². The molecule has 7 heteroatoms. The average molecular weight is 432 g/mol. The molecule has 1 aromatic heterocycles. The Labute approximate surface area is 186 Å². The van der Waals surface area contributed by atoms with Crippen LogP contribution in [0.4, 0.5) is 5.69 Å². The van der Waals surface area contributed by atoms with Gasteiger partial charge in [0.2, 0.25) is 5.78 Å². The average Bonchev–Trinajstić information content (AvgIpc) is 3.42. The van der Waals surface area contributed by atoms with E-state index >= 15 is 0 Å². The zero-order chi connectivity index (χ0) is 22.8. The topological polar surface area (TPSA) is 83.2 Å². The van der Waals surface area contributed by atoms with Crippen LogP contribution in [0.3, 0.4) is 0 Å². The fourth-order valence-corrected chi connectivity index (χ4v) is 3.91. The third-order valence-corrected chi connectivity index (χ3v) is 5.55. The van der Waals surface area contributed by atoms with Crippen LogP contribution < -0.4 is 9.64 Å². The monoisotopic (exact) mass is 432 g/mol. The van der Waals surface area contributed by atoms with Gasteiger partial charge in [0.05, 0.1) is 31.5 Å². The van der Waals surface area contributed by atoms with Crippen LogP contribution in [0.2, 0.25) is 0 Å². The highest BCUT2D eigenvalue weighted by atomic mass is 16.5. The summed E-state index contributed by atoms with van der Waals surface area (Å²) >= 11 is 0. The first-order chi connectivity index (χ1) is 15.4. The van der Waals surface area contributed by atoms with E-state index in [4.69, 9.17) is 9.15 Å². The smallest absolute Gasteiger partial charge is 0.290 e. The van der Waals surface area contributed by atoms with Gasteiger partial charge in [0.15, 0.2) is 11.5 Å². The Bertz CT molecular complexity index is 1160. The molecule has 0 radical (unpaired) electrons. The number of aliphatic hydroxyl groups is 1. The molecule has 1 aliphatic rings. The Morgan fingerprint density at radius 2 is 1.81 bits per heavy atom. The number of benzene rings is 2. The van der Waals surface area contributed by atoms with Crippen molar-refractivity contribution in [3.63, 3.8) is 0 Å². The Balaban J connectivity index is 1.80. The van der Waals surface area contributed by atoms with E-state index in [2.05, 4.69) is 0 Å². The summed E-state index contributed by atoms with van der Waals surface area (Å²) < 4.78 is 10.7. The molecular formula is C25H24N2O5. The summed E-state index contributed by atoms with van der Waals surface area (Å²) in [5.41, 5.74) is 2.44. The van der Waals surface area contributed by atoms with Crippen molar-refractivity contribution in [2.24, 2.45) is 0 Å². The Morgan fingerprint density at radius 1 is 1.09 bits per heavy atom. The van der Waals surface area contributed by atoms with E-state index in [1.54, 1.807) is 19.2 Å². The van der Waals surface area contributed by atoms with Gasteiger partial charge >= 0.3 is 0 Å². The molecule has 2 aromatic carbocycles. The number of aliphatic hydroxyl groups excluding tert-OH is 1. The van der Waals surface area contributed by atoms with Crippen LogP contribution in [-0.2, 0) is 11.3 Å². The number of hydrogen-bond acceptors (Lipinski definition) is 6. The van der Waals surface area contributed by atoms with E-state index in [9.17, 15) is 14.7 Å². The summed E-state index contributed by atoms with van der Waals surface area (Å²) in [5, 5.41) is 10.8. The minimum atomic E-state index is -0.777. The lowest BCUT2D eigenvalue weighted by Gasteiger charge is -2.27. The molecular weight excluding hydrogens is 408 g/mol. The standard InChI is InChI=1S/C25H24N2O5/c1-26(2)18-12-10-16(11-13-18)22-21(23(28)20-9-6-14-32-20)24(29)25(30)27(22)15-17-7-4-5-8-19(17)31-3/h4-14,22,29H,15H2,1-3H3. The SMILES string of the molecule is COc1ccccc1CN1C(=O)C(O)=C(C(=O)c2ccco2)C1c1ccc(N(C)C)cc1. The summed E-state index contributed by atoms with van der Waals surface area (Å²) in [6.45, 7) is 0.155. The molecule has 0 saturated heterocycles. The van der Waals surface area contributed by atoms with Crippen molar-refractivity contribution < 1.29 is 23.8 Å². The molecule has 2 heterocycles. The summed E-state index contributed by atoms with van der Waals surface area (Å²) in [4.78, 5) is 29.8. The van der Waals surface area contributed by atoms with Crippen molar-refractivity contribution in [2.45, 2.75) is 12.6 Å². The van der Waals surface area contributed by atoms with Crippen LogP contribution in [0.25, 0.3) is 0 Å². The molecule has 7 nitrogen and oxygen atoms in total. The molecule has 1 aliphatic heterocycles. The molecule has 4 rings (SSSR count). The summed E-state index contributed by atoms with van der Waals surface area (Å²) in [5.74, 6) is -1.03. The maximum atomic E-state index is 13.2. The summed E-state index contributed by atoms with van der Waals surface area (Å²) in [6, 6.07) is 17.2. The molecule has 0 fully saturated rings. The first-order valence-electron chi connectivity index (χ1n) is 10.1. The van der Waals surface area contributed by atoms with Gasteiger partial charge in [0.1, 0.15) is 5.75 Å². The number of ketones is 1. The van der Waals surface area contributed by atoms with Crippen LogP contribution in [0.1, 0.15) is 27.7 Å². The third kappa shape index (κ3) is 3.73. The van der Waals surface area contributed by atoms with E-state index in [1.807, 2.05) is 61.5 Å². The van der Waals surface area contributed by atoms with Crippen LogP contribution in [-0.4, -0.2) is 42.9 Å². The second kappa shape index (κ2) is 8.63. The number of nitrogens with zero attached hydrogens (tertiary/aromatic N) is 2. The van der Waals surface area contributed by atoms with Crippen molar-refractivity contribution in [1.29, 1.82) is 0 Å². The summed E-state index contributed by atoms with van der Waals surface area (Å²) in [6.07, 6.45) is 1.38. The third-order valence-electron chi connectivity index (χ3n) is 5.55. The maximum absolute atomic E-state index is 13.2. The van der Waals surface area contributed by atoms with Gasteiger partial charge in [-0.05, 0) is 35.9 Å². The molecule has 0 spiro atoms. The highest BCUT2D eigenvalue weighted by Gasteiger charge is 2.44. The van der Waals surface area contributed by atoms with E-state index < -0.39 is 23.5 Å². The number of carbonyl (C=O) groups excluding carboxylic acids is 2. The lowest BCUT2D eigenvalue weighted by atomic mass is 9.94. The molecule has 0 saturated carbocycles. The van der Waals surface area contributed by atoms with Gasteiger partial charge in [-0.3, -0.25) is 9.59 Å². The number of furan rings is 1. The predicted molar refractivity (Wildman–Crippen MR) is 120 cm³/mol. The van der Waals surface area contributed by atoms with Crippen LogP contribution in [0, 0.1) is 0 Å². The minimum absolute atomic E-state index is 0.00236. The molecule has 0 bridgehead atoms. The fourth-order valence-electron chi connectivity index (χ4n) is 3.91. The number of ether oxygens (including phenoxy) is 1. The van der Waals surface area contributed by atoms with E-state index in [1.165, 1.54) is 17.2 Å². The molecule has 1 amide bonds. The first-order valence-corrected chi connectivity index (χ1v) is 10.1. The van der Waals surface area contributed by atoms with Crippen LogP contribution in [0.5, 0.6) is 5.75 Å². The lowest BCUT2D eigenvalue weighted by Crippen LogP contribution is -2.31. The highest BCUT2D eigenvalue weighted by molar-refractivity contribution is 6.15.